The summed E-state index contributed by atoms with van der Waals surface area (Å²) in [5, 5.41) is 4.32. The third-order valence-electron chi connectivity index (χ3n) is 4.06. The number of hydrogen-bond donors (Lipinski definition) is 2. The summed E-state index contributed by atoms with van der Waals surface area (Å²) in [4.78, 5) is 13.3. The van der Waals surface area contributed by atoms with E-state index in [0.717, 1.165) is 39.7 Å². The molecular formula is C17H19IN8S. The minimum absolute atomic E-state index is 0.616. The second kappa shape index (κ2) is 7.82. The Kier molecular flexibility index (Phi) is 5.27. The number of nitrogens with zero attached hydrogens (tertiary/aromatic N) is 6. The molecule has 0 radical (unpaired) electrons. The molecule has 3 aromatic rings. The van der Waals surface area contributed by atoms with Crippen LogP contribution in [0.1, 0.15) is 24.0 Å². The maximum absolute atomic E-state index is 6.02. The van der Waals surface area contributed by atoms with Crippen LogP contribution in [0.15, 0.2) is 30.7 Å². The molecule has 10 heteroatoms. The Hall–Kier alpha value is -2.18. The summed E-state index contributed by atoms with van der Waals surface area (Å²) >= 11 is -0.373. The van der Waals surface area contributed by atoms with E-state index in [-0.39, 0.29) is 0 Å². The Morgan fingerprint density at radius 3 is 3.00 bits per heavy atom. The van der Waals surface area contributed by atoms with Crippen LogP contribution in [0.25, 0.3) is 11.2 Å². The van der Waals surface area contributed by atoms with E-state index in [0.29, 0.717) is 18.8 Å². The van der Waals surface area contributed by atoms with E-state index in [1.54, 1.807) is 0 Å². The first-order chi connectivity index (χ1) is 13.2. The van der Waals surface area contributed by atoms with Crippen LogP contribution in [0.4, 0.5) is 10.8 Å². The van der Waals surface area contributed by atoms with Crippen LogP contribution in [-0.4, -0.2) is 38.2 Å². The summed E-state index contributed by atoms with van der Waals surface area (Å²) in [6, 6.07) is 2.04. The molecule has 0 spiro atoms. The Morgan fingerprint density at radius 1 is 1.41 bits per heavy atom. The molecule has 3 aromatic heterocycles. The van der Waals surface area contributed by atoms with Gasteiger partial charge in [0, 0.05) is 0 Å². The van der Waals surface area contributed by atoms with Crippen LogP contribution < -0.4 is 9.26 Å². The van der Waals surface area contributed by atoms with Gasteiger partial charge in [-0.3, -0.25) is 0 Å². The first-order valence-corrected chi connectivity index (χ1v) is 12.6. The molecule has 0 fully saturated rings. The van der Waals surface area contributed by atoms with Gasteiger partial charge in [-0.25, -0.2) is 0 Å². The maximum atomic E-state index is 6.02. The monoisotopic (exact) mass is 494 g/mol. The molecule has 0 bridgehead atoms. The van der Waals surface area contributed by atoms with Crippen LogP contribution in [0, 0.1) is 0 Å². The Morgan fingerprint density at radius 2 is 2.30 bits per heavy atom. The zero-order chi connectivity index (χ0) is 18.8. The number of fused-ring (bicyclic) bond motifs is 1. The zero-order valence-electron chi connectivity index (χ0n) is 14.8. The first-order valence-electron chi connectivity index (χ1n) is 8.39. The number of imidazole rings is 1. The number of rotatable bonds is 7. The molecule has 0 aromatic carbocycles. The third-order valence-corrected chi connectivity index (χ3v) is 7.03. The van der Waals surface area contributed by atoms with Gasteiger partial charge in [0.2, 0.25) is 0 Å². The summed E-state index contributed by atoms with van der Waals surface area (Å²) < 4.78 is 18.9. The van der Waals surface area contributed by atoms with Gasteiger partial charge in [-0.2, -0.15) is 0 Å². The van der Waals surface area contributed by atoms with Crippen molar-refractivity contribution in [3.63, 3.8) is 0 Å². The molecule has 0 saturated carbocycles. The molecular weight excluding hydrogens is 475 g/mol. The molecule has 4 rings (SSSR count). The summed E-state index contributed by atoms with van der Waals surface area (Å²) in [6.45, 7) is 6.27. The van der Waals surface area contributed by atoms with E-state index in [4.69, 9.17) is 8.93 Å². The molecule has 0 unspecified atom stereocenters. The number of aromatic nitrogens is 4. The van der Waals surface area contributed by atoms with Gasteiger partial charge in [0.15, 0.2) is 0 Å². The van der Waals surface area contributed by atoms with Gasteiger partial charge >= 0.3 is 169 Å². The fourth-order valence-corrected chi connectivity index (χ4v) is 5.39. The van der Waals surface area contributed by atoms with E-state index < -0.39 is 20.4 Å². The molecule has 3 N–H and O–H groups in total. The number of anilines is 2. The van der Waals surface area contributed by atoms with Crippen LogP contribution in [0.3, 0.4) is 0 Å². The SMILES string of the molecule is C=NCCc1cn2c(C3=CI(N)N=C3)cnc2c(Nc2cc(CC)ns2)n1. The summed E-state index contributed by atoms with van der Waals surface area (Å²) in [6.07, 6.45) is 7.30. The third kappa shape index (κ3) is 3.77. The number of nitrogens with one attached hydrogen (secondary N) is 1. The molecule has 0 atom stereocenters. The van der Waals surface area contributed by atoms with E-state index in [9.17, 15) is 0 Å². The van der Waals surface area contributed by atoms with E-state index in [1.807, 2.05) is 29.1 Å². The second-order valence-electron chi connectivity index (χ2n) is 5.89. The van der Waals surface area contributed by atoms with Crippen molar-refractivity contribution < 1.29 is 0 Å². The van der Waals surface area contributed by atoms with Crippen molar-refractivity contribution >= 4 is 66.9 Å². The predicted octanol–water partition coefficient (Wildman–Crippen LogP) is 3.46. The van der Waals surface area contributed by atoms with Crippen LogP contribution >= 0.6 is 31.9 Å². The van der Waals surface area contributed by atoms with Crippen molar-refractivity contribution in [3.8, 4) is 0 Å². The number of aryl methyl sites for hydroxylation is 1. The number of hydrogen-bond acceptors (Lipinski definition) is 8. The average Bonchev–Trinajstić information content (AvgIpc) is 3.39. The topological polar surface area (TPSA) is 106 Å². The van der Waals surface area contributed by atoms with Gasteiger partial charge in [-0.15, -0.1) is 0 Å². The van der Waals surface area contributed by atoms with Gasteiger partial charge in [0.1, 0.15) is 0 Å². The van der Waals surface area contributed by atoms with Crippen LogP contribution in [0.2, 0.25) is 0 Å². The van der Waals surface area contributed by atoms with Crippen molar-refractivity contribution in [2.75, 3.05) is 11.9 Å². The number of allylic oxidation sites excluding steroid dienone is 1. The van der Waals surface area contributed by atoms with Crippen molar-refractivity contribution in [1.82, 2.24) is 18.7 Å². The summed E-state index contributed by atoms with van der Waals surface area (Å²) in [7, 11) is 0. The van der Waals surface area contributed by atoms with Crippen LogP contribution in [-0.2, 0) is 12.8 Å². The fourth-order valence-electron chi connectivity index (χ4n) is 2.71. The van der Waals surface area contributed by atoms with E-state index in [2.05, 4.69) is 40.6 Å². The standard InChI is InChI=1S/C17H19IN8S/c1-3-12-6-15(27-25-12)24-16-17-21-9-14(11-7-18(19)22-8-11)26(17)10-13(23-16)4-5-20-2/h6-10H,2-5,19H2,1H3,(H,23,24). The predicted molar refractivity (Wildman–Crippen MR) is 121 cm³/mol. The molecule has 27 heavy (non-hydrogen) atoms. The van der Waals surface area contributed by atoms with E-state index in [1.165, 1.54) is 11.5 Å². The molecule has 0 aliphatic carbocycles. The molecule has 140 valence electrons. The Labute approximate surface area is 168 Å². The fraction of sp³-hybridized carbons (Fsp3) is 0.235. The molecule has 4 heterocycles. The van der Waals surface area contributed by atoms with Crippen molar-refractivity contribution in [1.29, 1.82) is 0 Å². The van der Waals surface area contributed by atoms with Gasteiger partial charge in [-0.05, 0) is 0 Å². The molecule has 0 amide bonds. The zero-order valence-corrected chi connectivity index (χ0v) is 17.7. The average molecular weight is 494 g/mol. The minimum atomic E-state index is -1.80. The molecule has 0 saturated heterocycles. The molecule has 8 nitrogen and oxygen atoms in total. The molecule has 1 aliphatic rings. The van der Waals surface area contributed by atoms with E-state index >= 15 is 0 Å². The van der Waals surface area contributed by atoms with Gasteiger partial charge in [-0.1, -0.05) is 0 Å². The molecule has 1 aliphatic heterocycles. The van der Waals surface area contributed by atoms with Crippen molar-refractivity contribution in [3.05, 3.63) is 39.6 Å². The summed E-state index contributed by atoms with van der Waals surface area (Å²) in [5.74, 6) is 0.702. The second-order valence-corrected chi connectivity index (χ2v) is 9.71. The van der Waals surface area contributed by atoms with Crippen molar-refractivity contribution in [2.45, 2.75) is 19.8 Å². The normalized spacial score (nSPS) is 14.7. The Bertz CT molecular complexity index is 1050. The quantitative estimate of drug-likeness (QED) is 0.297. The Balaban J connectivity index is 1.79. The number of aliphatic imine (C=N–C) groups is 1. The summed E-state index contributed by atoms with van der Waals surface area (Å²) in [5.41, 5.74) is 4.71. The van der Waals surface area contributed by atoms with Gasteiger partial charge < -0.3 is 0 Å². The van der Waals surface area contributed by atoms with Crippen molar-refractivity contribution in [2.24, 2.45) is 12.1 Å². The van der Waals surface area contributed by atoms with Crippen LogP contribution in [0.5, 0.6) is 0 Å². The van der Waals surface area contributed by atoms with Gasteiger partial charge in [0.25, 0.3) is 0 Å². The first kappa shape index (κ1) is 18.2. The van der Waals surface area contributed by atoms with Gasteiger partial charge in [0.05, 0.1) is 0 Å². The number of nitrogens with two attached hydrogens (primary N) is 1. The number of halogens is 1.